The van der Waals surface area contributed by atoms with Crippen LogP contribution in [0.5, 0.6) is 0 Å². The van der Waals surface area contributed by atoms with Crippen LogP contribution in [0.4, 0.5) is 0 Å². The molecule has 1 aliphatic rings. The van der Waals surface area contributed by atoms with Gasteiger partial charge in [0.2, 0.25) is 0 Å². The van der Waals surface area contributed by atoms with E-state index in [0.717, 1.165) is 30.9 Å². The first-order valence-corrected chi connectivity index (χ1v) is 6.92. The third-order valence-electron chi connectivity index (χ3n) is 4.02. The van der Waals surface area contributed by atoms with Crippen molar-refractivity contribution in [1.82, 2.24) is 5.32 Å². The highest BCUT2D eigenvalue weighted by molar-refractivity contribution is 4.84. The molecule has 4 atom stereocenters. The maximum Gasteiger partial charge on any atom is 0.0476 e. The molecule has 1 saturated carbocycles. The van der Waals surface area contributed by atoms with Crippen LogP contribution >= 0.6 is 0 Å². The number of rotatable bonds is 6. The van der Waals surface area contributed by atoms with Crippen LogP contribution in [-0.2, 0) is 4.74 Å². The Hall–Kier alpha value is -0.0800. The third kappa shape index (κ3) is 4.42. The molecule has 0 radical (unpaired) electrons. The molecule has 1 aliphatic carbocycles. The van der Waals surface area contributed by atoms with E-state index >= 15 is 0 Å². The fourth-order valence-electron chi connectivity index (χ4n) is 2.91. The van der Waals surface area contributed by atoms with Crippen LogP contribution in [0.25, 0.3) is 0 Å². The van der Waals surface area contributed by atoms with Gasteiger partial charge in [0.1, 0.15) is 0 Å². The van der Waals surface area contributed by atoms with Crippen molar-refractivity contribution in [2.45, 2.75) is 65.0 Å². The van der Waals surface area contributed by atoms with Crippen molar-refractivity contribution in [2.24, 2.45) is 11.8 Å². The molecule has 2 nitrogen and oxygen atoms in total. The second kappa shape index (κ2) is 7.29. The van der Waals surface area contributed by atoms with Gasteiger partial charge in [-0.1, -0.05) is 20.3 Å². The third-order valence-corrected chi connectivity index (χ3v) is 4.02. The van der Waals surface area contributed by atoms with Crippen molar-refractivity contribution in [3.8, 4) is 0 Å². The van der Waals surface area contributed by atoms with E-state index in [4.69, 9.17) is 4.74 Å². The smallest absolute Gasteiger partial charge is 0.0476 e. The monoisotopic (exact) mass is 227 g/mol. The van der Waals surface area contributed by atoms with E-state index in [9.17, 15) is 0 Å². The maximum absolute atomic E-state index is 5.13. The molecule has 0 aliphatic heterocycles. The lowest BCUT2D eigenvalue weighted by molar-refractivity contribution is 0.162. The van der Waals surface area contributed by atoms with Crippen molar-refractivity contribution in [3.05, 3.63) is 0 Å². The predicted octanol–water partition coefficient (Wildman–Crippen LogP) is 3.22. The molecule has 0 heterocycles. The fourth-order valence-corrected chi connectivity index (χ4v) is 2.91. The van der Waals surface area contributed by atoms with Crippen molar-refractivity contribution >= 4 is 0 Å². The topological polar surface area (TPSA) is 21.3 Å². The molecule has 96 valence electrons. The van der Waals surface area contributed by atoms with E-state index in [0.29, 0.717) is 6.04 Å². The first kappa shape index (κ1) is 14.0. The van der Waals surface area contributed by atoms with E-state index in [1.165, 1.54) is 25.7 Å². The SMILES string of the molecule is CCC1CC(C)CCC1NC(C)CCOC. The molecule has 0 spiro atoms. The van der Waals surface area contributed by atoms with E-state index in [-0.39, 0.29) is 0 Å². The molecule has 1 N–H and O–H groups in total. The largest absolute Gasteiger partial charge is 0.385 e. The Bertz CT molecular complexity index is 184. The Labute approximate surface area is 101 Å². The molecule has 16 heavy (non-hydrogen) atoms. The zero-order valence-corrected chi connectivity index (χ0v) is 11.5. The van der Waals surface area contributed by atoms with Gasteiger partial charge in [-0.2, -0.15) is 0 Å². The summed E-state index contributed by atoms with van der Waals surface area (Å²) in [5, 5.41) is 3.80. The van der Waals surface area contributed by atoms with Crippen LogP contribution in [0.1, 0.15) is 52.9 Å². The molecule has 2 heteroatoms. The Morgan fingerprint density at radius 1 is 1.38 bits per heavy atom. The molecule has 4 unspecified atom stereocenters. The van der Waals surface area contributed by atoms with Gasteiger partial charge in [-0.15, -0.1) is 0 Å². The van der Waals surface area contributed by atoms with Crippen LogP contribution in [0.2, 0.25) is 0 Å². The number of ether oxygens (including phenoxy) is 1. The first-order valence-electron chi connectivity index (χ1n) is 6.92. The summed E-state index contributed by atoms with van der Waals surface area (Å²) in [7, 11) is 1.78. The summed E-state index contributed by atoms with van der Waals surface area (Å²) in [5.74, 6) is 1.81. The van der Waals surface area contributed by atoms with Gasteiger partial charge in [0.15, 0.2) is 0 Å². The predicted molar refractivity (Wildman–Crippen MR) is 69.7 cm³/mol. The zero-order chi connectivity index (χ0) is 12.0. The fraction of sp³-hybridized carbons (Fsp3) is 1.00. The highest BCUT2D eigenvalue weighted by Crippen LogP contribution is 2.31. The van der Waals surface area contributed by atoms with Crippen LogP contribution in [-0.4, -0.2) is 25.8 Å². The van der Waals surface area contributed by atoms with Gasteiger partial charge in [-0.3, -0.25) is 0 Å². The summed E-state index contributed by atoms with van der Waals surface area (Å²) in [6.45, 7) is 7.88. The highest BCUT2D eigenvalue weighted by atomic mass is 16.5. The average molecular weight is 227 g/mol. The zero-order valence-electron chi connectivity index (χ0n) is 11.5. The number of hydrogen-bond acceptors (Lipinski definition) is 2. The van der Waals surface area contributed by atoms with Crippen LogP contribution in [0.15, 0.2) is 0 Å². The molecule has 0 saturated heterocycles. The normalized spacial score (nSPS) is 32.6. The highest BCUT2D eigenvalue weighted by Gasteiger charge is 2.27. The minimum Gasteiger partial charge on any atom is -0.385 e. The molecule has 0 aromatic rings. The van der Waals surface area contributed by atoms with Crippen LogP contribution in [0.3, 0.4) is 0 Å². The van der Waals surface area contributed by atoms with Gasteiger partial charge in [0.05, 0.1) is 0 Å². The van der Waals surface area contributed by atoms with Gasteiger partial charge in [-0.05, 0) is 44.4 Å². The van der Waals surface area contributed by atoms with Crippen molar-refractivity contribution < 1.29 is 4.74 Å². The standard InChI is InChI=1S/C14H29NO/c1-5-13-10-11(2)6-7-14(13)15-12(3)8-9-16-4/h11-15H,5-10H2,1-4H3. The average Bonchev–Trinajstić information content (AvgIpc) is 2.28. The molecule has 0 aromatic heterocycles. The van der Waals surface area contributed by atoms with E-state index in [1.54, 1.807) is 7.11 Å². The summed E-state index contributed by atoms with van der Waals surface area (Å²) in [5.41, 5.74) is 0. The summed E-state index contributed by atoms with van der Waals surface area (Å²) in [6.07, 6.45) is 6.60. The Balaban J connectivity index is 2.33. The lowest BCUT2D eigenvalue weighted by Crippen LogP contribution is -2.44. The van der Waals surface area contributed by atoms with Gasteiger partial charge in [0.25, 0.3) is 0 Å². The summed E-state index contributed by atoms with van der Waals surface area (Å²) in [6, 6.07) is 1.33. The van der Waals surface area contributed by atoms with Gasteiger partial charge in [0, 0.05) is 25.8 Å². The van der Waals surface area contributed by atoms with Gasteiger partial charge >= 0.3 is 0 Å². The van der Waals surface area contributed by atoms with Crippen molar-refractivity contribution in [1.29, 1.82) is 0 Å². The lowest BCUT2D eigenvalue weighted by atomic mass is 9.77. The minimum atomic E-state index is 0.590. The summed E-state index contributed by atoms with van der Waals surface area (Å²) in [4.78, 5) is 0. The first-order chi connectivity index (χ1) is 7.67. The number of methoxy groups -OCH3 is 1. The van der Waals surface area contributed by atoms with E-state index in [1.807, 2.05) is 0 Å². The second-order valence-electron chi connectivity index (χ2n) is 5.54. The molecule has 0 bridgehead atoms. The van der Waals surface area contributed by atoms with E-state index < -0.39 is 0 Å². The van der Waals surface area contributed by atoms with Crippen molar-refractivity contribution in [2.75, 3.05) is 13.7 Å². The second-order valence-corrected chi connectivity index (χ2v) is 5.54. The van der Waals surface area contributed by atoms with Crippen LogP contribution < -0.4 is 5.32 Å². The quantitative estimate of drug-likeness (QED) is 0.752. The molecule has 0 amide bonds. The Morgan fingerprint density at radius 2 is 2.12 bits per heavy atom. The maximum atomic E-state index is 5.13. The van der Waals surface area contributed by atoms with Gasteiger partial charge < -0.3 is 10.1 Å². The Kier molecular flexibility index (Phi) is 6.37. The summed E-state index contributed by atoms with van der Waals surface area (Å²) < 4.78 is 5.13. The minimum absolute atomic E-state index is 0.590. The molecule has 1 fully saturated rings. The lowest BCUT2D eigenvalue weighted by Gasteiger charge is -2.36. The van der Waals surface area contributed by atoms with E-state index in [2.05, 4.69) is 26.1 Å². The Morgan fingerprint density at radius 3 is 2.75 bits per heavy atom. The molecular weight excluding hydrogens is 198 g/mol. The summed E-state index contributed by atoms with van der Waals surface area (Å²) >= 11 is 0. The molecule has 0 aromatic carbocycles. The van der Waals surface area contributed by atoms with Crippen LogP contribution in [0, 0.1) is 11.8 Å². The number of hydrogen-bond donors (Lipinski definition) is 1. The number of nitrogens with one attached hydrogen (secondary N) is 1. The van der Waals surface area contributed by atoms with Crippen molar-refractivity contribution in [3.63, 3.8) is 0 Å². The van der Waals surface area contributed by atoms with Gasteiger partial charge in [-0.25, -0.2) is 0 Å². The molecule has 1 rings (SSSR count). The molecular formula is C14H29NO.